The van der Waals surface area contributed by atoms with E-state index in [-0.39, 0.29) is 11.6 Å². The molecule has 0 saturated heterocycles. The number of anilines is 1. The lowest BCUT2D eigenvalue weighted by Crippen LogP contribution is -1.97. The van der Waals surface area contributed by atoms with E-state index in [1.165, 1.54) is 36.5 Å². The van der Waals surface area contributed by atoms with E-state index in [2.05, 4.69) is 10.3 Å². The summed E-state index contributed by atoms with van der Waals surface area (Å²) in [5.41, 5.74) is 0.440. The smallest absolute Gasteiger partial charge is 0.187 e. The third-order valence-corrected chi connectivity index (χ3v) is 2.26. The zero-order valence-corrected chi connectivity index (χ0v) is 9.51. The molecule has 0 saturated carbocycles. The molecular formula is C14H11FN2O. The molecule has 0 spiro atoms. The highest BCUT2D eigenvalue weighted by Gasteiger charge is 2.00. The van der Waals surface area contributed by atoms with Gasteiger partial charge in [-0.25, -0.2) is 9.37 Å². The first kappa shape index (κ1) is 12.0. The van der Waals surface area contributed by atoms with Crippen LogP contribution in [0.15, 0.2) is 60.9 Å². The molecule has 0 fully saturated rings. The summed E-state index contributed by atoms with van der Waals surface area (Å²) in [6.45, 7) is 0. The van der Waals surface area contributed by atoms with Crippen molar-refractivity contribution in [1.82, 2.24) is 4.98 Å². The maximum atomic E-state index is 12.7. The van der Waals surface area contributed by atoms with Crippen LogP contribution >= 0.6 is 0 Å². The molecule has 1 aromatic carbocycles. The number of hydrogen-bond acceptors (Lipinski definition) is 3. The SMILES string of the molecule is O=C(/C=C/Nc1ccccn1)c1ccc(F)cc1. The van der Waals surface area contributed by atoms with E-state index < -0.39 is 0 Å². The molecule has 3 nitrogen and oxygen atoms in total. The highest BCUT2D eigenvalue weighted by atomic mass is 19.1. The highest BCUT2D eigenvalue weighted by molar-refractivity contribution is 6.04. The van der Waals surface area contributed by atoms with Gasteiger partial charge in [0.1, 0.15) is 11.6 Å². The van der Waals surface area contributed by atoms with Gasteiger partial charge < -0.3 is 5.32 Å². The van der Waals surface area contributed by atoms with Crippen molar-refractivity contribution in [1.29, 1.82) is 0 Å². The van der Waals surface area contributed by atoms with Crippen molar-refractivity contribution in [3.8, 4) is 0 Å². The Balaban J connectivity index is 1.97. The summed E-state index contributed by atoms with van der Waals surface area (Å²) in [5, 5.41) is 2.87. The number of allylic oxidation sites excluding steroid dienone is 1. The van der Waals surface area contributed by atoms with Crippen LogP contribution in [0.2, 0.25) is 0 Å². The summed E-state index contributed by atoms with van der Waals surface area (Å²) < 4.78 is 12.7. The van der Waals surface area contributed by atoms with Gasteiger partial charge in [0.25, 0.3) is 0 Å². The van der Waals surface area contributed by atoms with Crippen molar-refractivity contribution in [3.05, 3.63) is 72.3 Å². The second-order valence-electron chi connectivity index (χ2n) is 3.56. The van der Waals surface area contributed by atoms with E-state index in [0.29, 0.717) is 11.4 Å². The molecule has 0 amide bonds. The van der Waals surface area contributed by atoms with Crippen LogP contribution in [0.3, 0.4) is 0 Å². The van der Waals surface area contributed by atoms with E-state index in [9.17, 15) is 9.18 Å². The molecule has 18 heavy (non-hydrogen) atoms. The predicted molar refractivity (Wildman–Crippen MR) is 67.7 cm³/mol. The van der Waals surface area contributed by atoms with E-state index in [1.807, 2.05) is 6.07 Å². The maximum absolute atomic E-state index is 12.7. The number of benzene rings is 1. The number of carbonyl (C=O) groups excluding carboxylic acids is 1. The molecule has 0 unspecified atom stereocenters. The molecule has 0 atom stereocenters. The zero-order valence-electron chi connectivity index (χ0n) is 9.51. The summed E-state index contributed by atoms with van der Waals surface area (Å²) in [6.07, 6.45) is 4.54. The fourth-order valence-electron chi connectivity index (χ4n) is 1.36. The molecule has 0 radical (unpaired) electrons. The summed E-state index contributed by atoms with van der Waals surface area (Å²) in [7, 11) is 0. The first-order chi connectivity index (χ1) is 8.75. The van der Waals surface area contributed by atoms with Crippen LogP contribution in [0.1, 0.15) is 10.4 Å². The van der Waals surface area contributed by atoms with Gasteiger partial charge in [-0.1, -0.05) is 6.07 Å². The van der Waals surface area contributed by atoms with Crippen LogP contribution in [0.5, 0.6) is 0 Å². The van der Waals surface area contributed by atoms with Gasteiger partial charge in [-0.15, -0.1) is 0 Å². The highest BCUT2D eigenvalue weighted by Crippen LogP contribution is 2.05. The molecule has 1 heterocycles. The van der Waals surface area contributed by atoms with Gasteiger partial charge >= 0.3 is 0 Å². The summed E-state index contributed by atoms with van der Waals surface area (Å²) >= 11 is 0. The van der Waals surface area contributed by atoms with Crippen LogP contribution in [0.25, 0.3) is 0 Å². The van der Waals surface area contributed by atoms with E-state index in [0.717, 1.165) is 0 Å². The Hall–Kier alpha value is -2.49. The Morgan fingerprint density at radius 1 is 1.17 bits per heavy atom. The summed E-state index contributed by atoms with van der Waals surface area (Å²) in [5.74, 6) is 0.0984. The van der Waals surface area contributed by atoms with Crippen molar-refractivity contribution in [2.24, 2.45) is 0 Å². The average Bonchev–Trinajstić information content (AvgIpc) is 2.40. The molecular weight excluding hydrogens is 231 g/mol. The fourth-order valence-corrected chi connectivity index (χ4v) is 1.36. The van der Waals surface area contributed by atoms with E-state index in [4.69, 9.17) is 0 Å². The minimum atomic E-state index is -0.359. The van der Waals surface area contributed by atoms with Gasteiger partial charge in [0.2, 0.25) is 0 Å². The van der Waals surface area contributed by atoms with Crippen molar-refractivity contribution in [3.63, 3.8) is 0 Å². The minimum absolute atomic E-state index is 0.196. The molecule has 0 aliphatic rings. The van der Waals surface area contributed by atoms with Crippen LogP contribution in [-0.2, 0) is 0 Å². The first-order valence-electron chi connectivity index (χ1n) is 5.40. The number of carbonyl (C=O) groups is 1. The van der Waals surface area contributed by atoms with Crippen molar-refractivity contribution < 1.29 is 9.18 Å². The van der Waals surface area contributed by atoms with Crippen LogP contribution in [0, 0.1) is 5.82 Å². The second-order valence-corrected chi connectivity index (χ2v) is 3.56. The standard InChI is InChI=1S/C14H11FN2O/c15-12-6-4-11(5-7-12)13(18)8-10-17-14-3-1-2-9-16-14/h1-10H,(H,16,17)/b10-8+. The quantitative estimate of drug-likeness (QED) is 0.662. The lowest BCUT2D eigenvalue weighted by Gasteiger charge is -1.98. The lowest BCUT2D eigenvalue weighted by atomic mass is 10.1. The average molecular weight is 242 g/mol. The van der Waals surface area contributed by atoms with Gasteiger partial charge in [0.05, 0.1) is 0 Å². The lowest BCUT2D eigenvalue weighted by molar-refractivity contribution is 0.104. The Labute approximate surface area is 104 Å². The van der Waals surface area contributed by atoms with Gasteiger partial charge in [0.15, 0.2) is 5.78 Å². The van der Waals surface area contributed by atoms with Gasteiger partial charge in [0, 0.05) is 24.0 Å². The fraction of sp³-hybridized carbons (Fsp3) is 0. The maximum Gasteiger partial charge on any atom is 0.187 e. The molecule has 1 aromatic heterocycles. The molecule has 0 aliphatic carbocycles. The topological polar surface area (TPSA) is 42.0 Å². The molecule has 0 bridgehead atoms. The van der Waals surface area contributed by atoms with Crippen molar-refractivity contribution in [2.45, 2.75) is 0 Å². The molecule has 90 valence electrons. The Morgan fingerprint density at radius 2 is 1.94 bits per heavy atom. The van der Waals surface area contributed by atoms with Crippen LogP contribution in [-0.4, -0.2) is 10.8 Å². The number of rotatable bonds is 4. The third-order valence-electron chi connectivity index (χ3n) is 2.26. The van der Waals surface area contributed by atoms with Crippen LogP contribution in [0.4, 0.5) is 10.2 Å². The Kier molecular flexibility index (Phi) is 3.81. The van der Waals surface area contributed by atoms with E-state index >= 15 is 0 Å². The molecule has 2 aromatic rings. The number of halogens is 1. The van der Waals surface area contributed by atoms with Crippen LogP contribution < -0.4 is 5.32 Å². The normalized spacial score (nSPS) is 10.5. The molecule has 0 aliphatic heterocycles. The third kappa shape index (κ3) is 3.25. The zero-order chi connectivity index (χ0) is 12.8. The number of ketones is 1. The van der Waals surface area contributed by atoms with E-state index in [1.54, 1.807) is 18.3 Å². The second kappa shape index (κ2) is 5.72. The summed E-state index contributed by atoms with van der Waals surface area (Å²) in [4.78, 5) is 15.7. The van der Waals surface area contributed by atoms with Gasteiger partial charge in [-0.2, -0.15) is 0 Å². The number of nitrogens with zero attached hydrogens (tertiary/aromatic N) is 1. The minimum Gasteiger partial charge on any atom is -0.347 e. The van der Waals surface area contributed by atoms with Crippen molar-refractivity contribution in [2.75, 3.05) is 5.32 Å². The number of nitrogens with one attached hydrogen (secondary N) is 1. The number of hydrogen-bond donors (Lipinski definition) is 1. The predicted octanol–water partition coefficient (Wildman–Crippen LogP) is 3.03. The molecule has 1 N–H and O–H groups in total. The Bertz CT molecular complexity index is 550. The first-order valence-corrected chi connectivity index (χ1v) is 5.40. The summed E-state index contributed by atoms with van der Waals surface area (Å²) in [6, 6.07) is 10.8. The monoisotopic (exact) mass is 242 g/mol. The molecule has 4 heteroatoms. The molecule has 2 rings (SSSR count). The Morgan fingerprint density at radius 3 is 2.61 bits per heavy atom. The largest absolute Gasteiger partial charge is 0.347 e. The van der Waals surface area contributed by atoms with Gasteiger partial charge in [-0.05, 0) is 36.4 Å². The number of pyridine rings is 1. The number of aromatic nitrogens is 1. The van der Waals surface area contributed by atoms with Crippen molar-refractivity contribution >= 4 is 11.6 Å². The van der Waals surface area contributed by atoms with Gasteiger partial charge in [-0.3, -0.25) is 4.79 Å².